The first kappa shape index (κ1) is 18.1. The largest absolute Gasteiger partial charge is 0.367 e. The molecule has 0 radical (unpaired) electrons. The van der Waals surface area contributed by atoms with Crippen LogP contribution in [0.1, 0.15) is 0 Å². The first-order valence-electron chi connectivity index (χ1n) is 10.4. The van der Waals surface area contributed by atoms with Gasteiger partial charge in [0.25, 0.3) is 0 Å². The summed E-state index contributed by atoms with van der Waals surface area (Å²) in [6.45, 7) is 4.12. The Labute approximate surface area is 178 Å². The minimum absolute atomic E-state index is 0.874. The lowest BCUT2D eigenvalue weighted by atomic mass is 10.1. The summed E-state index contributed by atoms with van der Waals surface area (Å²) in [4.78, 5) is 17.3. The maximum atomic E-state index is 4.60. The van der Waals surface area contributed by atoms with Crippen LogP contribution in [0, 0.1) is 0 Å². The first-order chi connectivity index (χ1) is 15.2. The molecule has 5 aromatic heterocycles. The van der Waals surface area contributed by atoms with Crippen LogP contribution in [-0.2, 0) is 7.05 Å². The molecule has 0 unspecified atom stereocenters. The number of nitrogens with zero attached hydrogens (tertiary/aromatic N) is 7. The molecular formula is C22H23N9. The van der Waals surface area contributed by atoms with Crippen LogP contribution in [0.25, 0.3) is 44.5 Å². The van der Waals surface area contributed by atoms with E-state index in [4.69, 9.17) is 0 Å². The van der Waals surface area contributed by atoms with Gasteiger partial charge in [0.15, 0.2) is 0 Å². The van der Waals surface area contributed by atoms with Gasteiger partial charge >= 0.3 is 0 Å². The molecule has 156 valence electrons. The van der Waals surface area contributed by atoms with Crippen molar-refractivity contribution in [2.45, 2.75) is 0 Å². The Balaban J connectivity index is 1.44. The number of aryl methyl sites for hydroxylation is 1. The molecule has 9 heteroatoms. The number of aromatic amines is 2. The predicted molar refractivity (Wildman–Crippen MR) is 121 cm³/mol. The Morgan fingerprint density at radius 3 is 2.58 bits per heavy atom. The van der Waals surface area contributed by atoms with E-state index < -0.39 is 0 Å². The summed E-state index contributed by atoms with van der Waals surface area (Å²) in [5, 5.41) is 14.2. The van der Waals surface area contributed by atoms with Gasteiger partial charge in [-0.2, -0.15) is 10.2 Å². The Hall–Kier alpha value is -3.72. The van der Waals surface area contributed by atoms with Crippen LogP contribution >= 0.6 is 0 Å². The van der Waals surface area contributed by atoms with Crippen LogP contribution in [-0.4, -0.2) is 73.1 Å². The van der Waals surface area contributed by atoms with E-state index in [1.165, 1.54) is 11.1 Å². The molecule has 1 aliphatic heterocycles. The smallest absolute Gasteiger partial charge is 0.116 e. The van der Waals surface area contributed by atoms with Crippen LogP contribution in [0.5, 0.6) is 0 Å². The highest BCUT2D eigenvalue weighted by Gasteiger charge is 2.19. The van der Waals surface area contributed by atoms with Crippen molar-refractivity contribution in [3.63, 3.8) is 0 Å². The van der Waals surface area contributed by atoms with Gasteiger partial charge in [0.05, 0.1) is 52.9 Å². The minimum Gasteiger partial charge on any atom is -0.367 e. The van der Waals surface area contributed by atoms with Crippen molar-refractivity contribution in [1.82, 2.24) is 39.8 Å². The number of hydrogen-bond acceptors (Lipinski definition) is 6. The topological polar surface area (TPSA) is 94.5 Å². The second kappa shape index (κ2) is 6.92. The fraction of sp³-hybridized carbons (Fsp3) is 0.273. The van der Waals surface area contributed by atoms with Gasteiger partial charge in [-0.15, -0.1) is 0 Å². The average molecular weight is 413 g/mol. The zero-order valence-electron chi connectivity index (χ0n) is 17.5. The maximum absolute atomic E-state index is 4.60. The van der Waals surface area contributed by atoms with Crippen molar-refractivity contribution >= 4 is 27.5 Å². The van der Waals surface area contributed by atoms with E-state index in [0.717, 1.165) is 65.2 Å². The Bertz CT molecular complexity index is 1380. The molecule has 5 aromatic rings. The quantitative estimate of drug-likeness (QED) is 0.472. The first-order valence-corrected chi connectivity index (χ1v) is 10.4. The molecule has 0 saturated carbocycles. The SMILES string of the molecule is CN1CCN(c2cncc3[nH]c(-c4n[nH]c5cnc(-c6cnn(C)c6)cc45)cc23)CC1. The fourth-order valence-corrected chi connectivity index (χ4v) is 4.30. The summed E-state index contributed by atoms with van der Waals surface area (Å²) < 4.78 is 1.78. The van der Waals surface area contributed by atoms with Crippen LogP contribution < -0.4 is 4.90 Å². The van der Waals surface area contributed by atoms with Gasteiger partial charge in [0, 0.05) is 55.8 Å². The maximum Gasteiger partial charge on any atom is 0.116 e. The van der Waals surface area contributed by atoms with Crippen molar-refractivity contribution in [2.24, 2.45) is 7.05 Å². The van der Waals surface area contributed by atoms with Crippen molar-refractivity contribution in [3.8, 4) is 22.6 Å². The lowest BCUT2D eigenvalue weighted by Crippen LogP contribution is -2.44. The Kier molecular flexibility index (Phi) is 4.03. The minimum atomic E-state index is 0.874. The normalized spacial score (nSPS) is 15.4. The van der Waals surface area contributed by atoms with Crippen LogP contribution in [0.2, 0.25) is 0 Å². The zero-order chi connectivity index (χ0) is 20.9. The third-order valence-corrected chi connectivity index (χ3v) is 6.07. The molecule has 0 atom stereocenters. The third kappa shape index (κ3) is 3.05. The lowest BCUT2D eigenvalue weighted by molar-refractivity contribution is 0.313. The van der Waals surface area contributed by atoms with E-state index in [-0.39, 0.29) is 0 Å². The van der Waals surface area contributed by atoms with E-state index in [9.17, 15) is 0 Å². The highest BCUT2D eigenvalue weighted by Crippen LogP contribution is 2.34. The number of likely N-dealkylation sites (N-methyl/N-ethyl adjacent to an activating group) is 1. The number of nitrogens with one attached hydrogen (secondary N) is 2. The van der Waals surface area contributed by atoms with E-state index in [2.05, 4.69) is 59.2 Å². The number of rotatable bonds is 3. The number of fused-ring (bicyclic) bond motifs is 2. The van der Waals surface area contributed by atoms with Gasteiger partial charge in [-0.1, -0.05) is 0 Å². The second-order valence-electron chi connectivity index (χ2n) is 8.18. The molecule has 0 bridgehead atoms. The summed E-state index contributed by atoms with van der Waals surface area (Å²) in [5.74, 6) is 0. The van der Waals surface area contributed by atoms with Gasteiger partial charge in [-0.05, 0) is 19.2 Å². The standard InChI is InChI=1S/C22H23N9/c1-29-3-5-31(6-4-29)21-12-23-10-19-15(21)7-18(26-19)22-16-8-17(14-9-25-30(2)13-14)24-11-20(16)27-28-22/h7-13,26H,3-6H2,1-2H3,(H,27,28). The van der Waals surface area contributed by atoms with Crippen molar-refractivity contribution in [1.29, 1.82) is 0 Å². The molecule has 0 spiro atoms. The lowest BCUT2D eigenvalue weighted by Gasteiger charge is -2.34. The molecule has 0 aliphatic carbocycles. The van der Waals surface area contributed by atoms with Crippen LogP contribution in [0.4, 0.5) is 5.69 Å². The van der Waals surface area contributed by atoms with Crippen molar-refractivity contribution in [2.75, 3.05) is 38.1 Å². The summed E-state index contributed by atoms with van der Waals surface area (Å²) in [5.41, 5.74) is 6.79. The van der Waals surface area contributed by atoms with E-state index in [1.807, 2.05) is 38.0 Å². The predicted octanol–water partition coefficient (Wildman–Crippen LogP) is 2.65. The van der Waals surface area contributed by atoms with Crippen LogP contribution in [0.3, 0.4) is 0 Å². The van der Waals surface area contributed by atoms with Gasteiger partial charge in [0.1, 0.15) is 5.69 Å². The molecule has 1 aliphatic rings. The Morgan fingerprint density at radius 2 is 1.77 bits per heavy atom. The molecule has 0 aromatic carbocycles. The monoisotopic (exact) mass is 413 g/mol. The molecule has 9 nitrogen and oxygen atoms in total. The summed E-state index contributed by atoms with van der Waals surface area (Å²) in [7, 11) is 4.07. The molecule has 6 heterocycles. The van der Waals surface area contributed by atoms with Gasteiger partial charge in [-0.25, -0.2) is 0 Å². The van der Waals surface area contributed by atoms with Crippen molar-refractivity contribution in [3.05, 3.63) is 43.1 Å². The highest BCUT2D eigenvalue weighted by atomic mass is 15.3. The molecule has 6 rings (SSSR count). The number of anilines is 1. The molecule has 1 saturated heterocycles. The van der Waals surface area contributed by atoms with Crippen molar-refractivity contribution < 1.29 is 0 Å². The van der Waals surface area contributed by atoms with Gasteiger partial charge < -0.3 is 14.8 Å². The molecule has 0 amide bonds. The van der Waals surface area contributed by atoms with Crippen LogP contribution in [0.15, 0.2) is 43.1 Å². The number of H-pyrrole nitrogens is 2. The molecule has 31 heavy (non-hydrogen) atoms. The summed E-state index contributed by atoms with van der Waals surface area (Å²) >= 11 is 0. The molecule has 1 fully saturated rings. The van der Waals surface area contributed by atoms with E-state index in [1.54, 1.807) is 4.68 Å². The average Bonchev–Trinajstić information content (AvgIpc) is 3.51. The van der Waals surface area contributed by atoms with E-state index >= 15 is 0 Å². The second-order valence-corrected chi connectivity index (χ2v) is 8.18. The van der Waals surface area contributed by atoms with E-state index in [0.29, 0.717) is 0 Å². The molecular weight excluding hydrogens is 390 g/mol. The highest BCUT2D eigenvalue weighted by molar-refractivity contribution is 6.00. The molecule has 2 N–H and O–H groups in total. The van der Waals surface area contributed by atoms with Gasteiger partial charge in [0.2, 0.25) is 0 Å². The summed E-state index contributed by atoms with van der Waals surface area (Å²) in [6, 6.07) is 4.25. The number of piperazine rings is 1. The fourth-order valence-electron chi connectivity index (χ4n) is 4.30. The number of pyridine rings is 2. The summed E-state index contributed by atoms with van der Waals surface area (Å²) in [6.07, 6.45) is 9.47. The third-order valence-electron chi connectivity index (χ3n) is 6.07. The Morgan fingerprint density at radius 1 is 0.903 bits per heavy atom. The number of hydrogen-bond donors (Lipinski definition) is 2. The number of aromatic nitrogens is 7. The zero-order valence-corrected chi connectivity index (χ0v) is 17.5. The van der Waals surface area contributed by atoms with Gasteiger partial charge in [-0.3, -0.25) is 19.7 Å².